The molecule has 29 heavy (non-hydrogen) atoms. The zero-order chi connectivity index (χ0) is 21.8. The number of carbonyl (C=O) groups is 1. The lowest BCUT2D eigenvalue weighted by Gasteiger charge is -2.29. The summed E-state index contributed by atoms with van der Waals surface area (Å²) >= 11 is 6.08. The lowest BCUT2D eigenvalue weighted by molar-refractivity contribution is -0.116. The van der Waals surface area contributed by atoms with Crippen molar-refractivity contribution in [2.24, 2.45) is 0 Å². The molecule has 1 amide bonds. The molecule has 0 fully saturated rings. The maximum atomic E-state index is 12.8. The van der Waals surface area contributed by atoms with Crippen LogP contribution in [0.4, 0.5) is 11.4 Å². The number of ether oxygens (including phenoxy) is 3. The summed E-state index contributed by atoms with van der Waals surface area (Å²) in [6.45, 7) is 1.47. The number of sulfonamides is 1. The van der Waals surface area contributed by atoms with Crippen molar-refractivity contribution in [2.75, 3.05) is 37.2 Å². The fraction of sp³-hybridized carbons (Fsp3) is 0.316. The molecule has 2 rings (SSSR count). The van der Waals surface area contributed by atoms with Gasteiger partial charge in [-0.25, -0.2) is 8.42 Å². The second-order valence-corrected chi connectivity index (χ2v) is 8.38. The van der Waals surface area contributed by atoms with Gasteiger partial charge in [-0.1, -0.05) is 11.6 Å². The Labute approximate surface area is 175 Å². The molecule has 0 saturated carbocycles. The Morgan fingerprint density at radius 1 is 1.03 bits per heavy atom. The first kappa shape index (κ1) is 22.6. The Morgan fingerprint density at radius 3 is 2.17 bits per heavy atom. The Morgan fingerprint density at radius 2 is 1.66 bits per heavy atom. The van der Waals surface area contributed by atoms with E-state index in [0.717, 1.165) is 10.6 Å². The fourth-order valence-corrected chi connectivity index (χ4v) is 4.17. The van der Waals surface area contributed by atoms with E-state index in [4.69, 9.17) is 25.8 Å². The number of methoxy groups -OCH3 is 3. The van der Waals surface area contributed by atoms with Gasteiger partial charge in [-0.15, -0.1) is 0 Å². The van der Waals surface area contributed by atoms with Gasteiger partial charge >= 0.3 is 0 Å². The van der Waals surface area contributed by atoms with Gasteiger partial charge in [-0.3, -0.25) is 9.10 Å². The van der Waals surface area contributed by atoms with Crippen LogP contribution in [0.25, 0.3) is 0 Å². The van der Waals surface area contributed by atoms with Crippen LogP contribution in [0.1, 0.15) is 6.92 Å². The molecule has 0 aromatic heterocycles. The molecule has 0 aliphatic carbocycles. The number of hydrogen-bond donors (Lipinski definition) is 1. The van der Waals surface area contributed by atoms with E-state index in [1.165, 1.54) is 40.4 Å². The zero-order valence-corrected chi connectivity index (χ0v) is 18.3. The van der Waals surface area contributed by atoms with Crippen molar-refractivity contribution < 1.29 is 27.4 Å². The van der Waals surface area contributed by atoms with E-state index in [1.54, 1.807) is 24.3 Å². The van der Waals surface area contributed by atoms with Crippen molar-refractivity contribution in [3.05, 3.63) is 41.4 Å². The lowest BCUT2D eigenvalue weighted by Crippen LogP contribution is -2.45. The predicted molar refractivity (Wildman–Crippen MR) is 113 cm³/mol. The average Bonchev–Trinajstić information content (AvgIpc) is 2.67. The third-order valence-electron chi connectivity index (χ3n) is 4.13. The maximum Gasteiger partial charge on any atom is 0.247 e. The van der Waals surface area contributed by atoms with Crippen LogP contribution >= 0.6 is 11.6 Å². The highest BCUT2D eigenvalue weighted by molar-refractivity contribution is 7.92. The fourth-order valence-electron chi connectivity index (χ4n) is 2.74. The van der Waals surface area contributed by atoms with E-state index in [2.05, 4.69) is 5.32 Å². The highest BCUT2D eigenvalue weighted by Gasteiger charge is 2.31. The van der Waals surface area contributed by atoms with Crippen LogP contribution in [0.3, 0.4) is 0 Å². The second-order valence-electron chi connectivity index (χ2n) is 6.11. The lowest BCUT2D eigenvalue weighted by atomic mass is 10.2. The van der Waals surface area contributed by atoms with E-state index in [9.17, 15) is 13.2 Å². The molecule has 0 bridgehead atoms. The molecule has 8 nitrogen and oxygen atoms in total. The van der Waals surface area contributed by atoms with Crippen LogP contribution < -0.4 is 23.8 Å². The normalized spacial score (nSPS) is 12.1. The van der Waals surface area contributed by atoms with Gasteiger partial charge in [0, 0.05) is 11.8 Å². The highest BCUT2D eigenvalue weighted by atomic mass is 35.5. The molecular weight excluding hydrogens is 420 g/mol. The molecule has 0 radical (unpaired) electrons. The van der Waals surface area contributed by atoms with Crippen molar-refractivity contribution in [1.82, 2.24) is 0 Å². The molecule has 0 aliphatic heterocycles. The molecular formula is C19H23ClN2O6S. The molecule has 10 heteroatoms. The third kappa shape index (κ3) is 5.24. The summed E-state index contributed by atoms with van der Waals surface area (Å²) in [5.41, 5.74) is 0.587. The third-order valence-corrected chi connectivity index (χ3v) is 5.65. The topological polar surface area (TPSA) is 94.2 Å². The minimum Gasteiger partial charge on any atom is -0.497 e. The van der Waals surface area contributed by atoms with Crippen LogP contribution in [0, 0.1) is 0 Å². The van der Waals surface area contributed by atoms with Crippen molar-refractivity contribution >= 4 is 38.9 Å². The average molecular weight is 443 g/mol. The number of anilines is 2. The number of nitrogens with zero attached hydrogens (tertiary/aromatic N) is 1. The Balaban J connectivity index is 2.41. The quantitative estimate of drug-likeness (QED) is 0.674. The van der Waals surface area contributed by atoms with Crippen LogP contribution in [-0.2, 0) is 14.8 Å². The summed E-state index contributed by atoms with van der Waals surface area (Å²) in [5, 5.41) is 2.98. The van der Waals surface area contributed by atoms with Crippen LogP contribution in [-0.4, -0.2) is 48.0 Å². The molecule has 2 aromatic rings. The number of halogens is 1. The molecule has 0 aliphatic rings. The molecule has 2 aromatic carbocycles. The zero-order valence-electron chi connectivity index (χ0n) is 16.7. The molecule has 158 valence electrons. The summed E-state index contributed by atoms with van der Waals surface area (Å²) < 4.78 is 41.6. The maximum absolute atomic E-state index is 12.8. The first-order valence-corrected chi connectivity index (χ1v) is 10.7. The van der Waals surface area contributed by atoms with Gasteiger partial charge in [0.15, 0.2) is 0 Å². The number of carbonyl (C=O) groups excluding carboxylic acids is 1. The minimum atomic E-state index is -3.84. The first-order valence-electron chi connectivity index (χ1n) is 8.48. The molecule has 1 atom stereocenters. The molecule has 0 heterocycles. The Hall–Kier alpha value is -2.65. The van der Waals surface area contributed by atoms with E-state index in [-0.39, 0.29) is 11.4 Å². The highest BCUT2D eigenvalue weighted by Crippen LogP contribution is 2.35. The van der Waals surface area contributed by atoms with E-state index in [1.807, 2.05) is 0 Å². The van der Waals surface area contributed by atoms with Crippen LogP contribution in [0.15, 0.2) is 36.4 Å². The van der Waals surface area contributed by atoms with Gasteiger partial charge in [0.1, 0.15) is 23.3 Å². The van der Waals surface area contributed by atoms with E-state index >= 15 is 0 Å². The smallest absolute Gasteiger partial charge is 0.247 e. The number of benzene rings is 2. The van der Waals surface area contributed by atoms with Gasteiger partial charge in [0.05, 0.1) is 38.3 Å². The van der Waals surface area contributed by atoms with Gasteiger partial charge in [-0.05, 0) is 37.3 Å². The number of nitrogens with one attached hydrogen (secondary N) is 1. The van der Waals surface area contributed by atoms with Gasteiger partial charge in [0.25, 0.3) is 0 Å². The predicted octanol–water partition coefficient (Wildman–Crippen LogP) is 3.16. The van der Waals surface area contributed by atoms with Crippen LogP contribution in [0.5, 0.6) is 17.2 Å². The summed E-state index contributed by atoms with van der Waals surface area (Å²) in [5.74, 6) is 0.602. The molecule has 0 unspecified atom stereocenters. The largest absolute Gasteiger partial charge is 0.497 e. The Bertz CT molecular complexity index is 996. The first-order chi connectivity index (χ1) is 13.6. The number of amides is 1. The van der Waals surface area contributed by atoms with Crippen molar-refractivity contribution in [3.8, 4) is 17.2 Å². The van der Waals surface area contributed by atoms with E-state index in [0.29, 0.717) is 22.2 Å². The van der Waals surface area contributed by atoms with Crippen molar-refractivity contribution in [2.45, 2.75) is 13.0 Å². The molecule has 0 saturated heterocycles. The molecule has 0 spiro atoms. The Kier molecular flexibility index (Phi) is 7.21. The van der Waals surface area contributed by atoms with Gasteiger partial charge < -0.3 is 19.5 Å². The minimum absolute atomic E-state index is 0.185. The number of rotatable bonds is 8. The van der Waals surface area contributed by atoms with Crippen LogP contribution in [0.2, 0.25) is 5.02 Å². The SMILES string of the molecule is COc1ccc(OC)c(N([C@H](C)C(=O)Nc2ccc(OC)c(Cl)c2)S(C)(=O)=O)c1. The van der Waals surface area contributed by atoms with Gasteiger partial charge in [0.2, 0.25) is 15.9 Å². The molecule has 1 N–H and O–H groups in total. The second kappa shape index (κ2) is 9.23. The number of hydrogen-bond acceptors (Lipinski definition) is 6. The van der Waals surface area contributed by atoms with E-state index < -0.39 is 22.0 Å². The summed E-state index contributed by atoms with van der Waals surface area (Å²) in [6, 6.07) is 8.32. The van der Waals surface area contributed by atoms with Crippen molar-refractivity contribution in [3.63, 3.8) is 0 Å². The van der Waals surface area contributed by atoms with Gasteiger partial charge in [-0.2, -0.15) is 0 Å². The summed E-state index contributed by atoms with van der Waals surface area (Å²) in [6.07, 6.45) is 1.01. The standard InChI is InChI=1S/C19H23ClN2O6S/c1-12(19(23)21-13-6-8-17(27-3)15(20)10-13)22(29(5,24)25)16-11-14(26-2)7-9-18(16)28-4/h6-12H,1-5H3,(H,21,23)/t12-/m1/s1. The summed E-state index contributed by atoms with van der Waals surface area (Å²) in [4.78, 5) is 12.8. The summed E-state index contributed by atoms with van der Waals surface area (Å²) in [7, 11) is 0.510. The monoisotopic (exact) mass is 442 g/mol. The van der Waals surface area contributed by atoms with Crippen molar-refractivity contribution in [1.29, 1.82) is 0 Å².